The van der Waals surface area contributed by atoms with Crippen LogP contribution in [0.1, 0.15) is 19.3 Å². The van der Waals surface area contributed by atoms with Crippen LogP contribution in [0.2, 0.25) is 0 Å². The Morgan fingerprint density at radius 1 is 1.15 bits per heavy atom. The molecule has 0 fully saturated rings. The third-order valence-electron chi connectivity index (χ3n) is 2.77. The topological polar surface area (TPSA) is 46.2 Å². The van der Waals surface area contributed by atoms with E-state index in [-0.39, 0.29) is 4.90 Å². The molecule has 0 aliphatic rings. The molecule has 1 rings (SSSR count). The zero-order valence-electron chi connectivity index (χ0n) is 11.3. The maximum Gasteiger partial charge on any atom is 0.341 e. The molecular weight excluding hydrogens is 304 g/mol. The van der Waals surface area contributed by atoms with Crippen molar-refractivity contribution in [2.24, 2.45) is 0 Å². The fourth-order valence-electron chi connectivity index (χ4n) is 1.65. The molecule has 0 amide bonds. The number of rotatable bonds is 9. The molecule has 20 heavy (non-hydrogen) atoms. The number of alkyl halides is 2. The molecule has 1 aromatic carbocycles. The van der Waals surface area contributed by atoms with E-state index >= 15 is 0 Å². The van der Waals surface area contributed by atoms with E-state index in [9.17, 15) is 17.2 Å². The van der Waals surface area contributed by atoms with E-state index in [0.717, 1.165) is 30.8 Å². The molecule has 0 aliphatic heterocycles. The quantitative estimate of drug-likeness (QED) is 0.705. The van der Waals surface area contributed by atoms with E-state index in [1.807, 2.05) is 11.8 Å². The average molecular weight is 323 g/mol. The van der Waals surface area contributed by atoms with Crippen LogP contribution in [0.5, 0.6) is 0 Å². The zero-order valence-corrected chi connectivity index (χ0v) is 12.9. The summed E-state index contributed by atoms with van der Waals surface area (Å²) in [4.78, 5) is -0.349. The van der Waals surface area contributed by atoms with Crippen molar-refractivity contribution >= 4 is 27.3 Å². The van der Waals surface area contributed by atoms with Crippen LogP contribution in [0, 0.1) is 0 Å². The van der Waals surface area contributed by atoms with Crippen LogP contribution in [0.25, 0.3) is 0 Å². The molecule has 0 atom stereocenters. The maximum atomic E-state index is 12.3. The maximum absolute atomic E-state index is 12.3. The zero-order chi connectivity index (χ0) is 15.0. The van der Waals surface area contributed by atoms with Crippen molar-refractivity contribution in [1.29, 1.82) is 0 Å². The Bertz CT molecular complexity index is 490. The lowest BCUT2D eigenvalue weighted by atomic mass is 10.2. The number of unbranched alkanes of at least 4 members (excludes halogenated alkanes) is 2. The smallest absolute Gasteiger partial charge is 0.341 e. The molecule has 0 heterocycles. The summed E-state index contributed by atoms with van der Waals surface area (Å²) >= 11 is 1.82. The molecule has 0 saturated heterocycles. The lowest BCUT2D eigenvalue weighted by Gasteiger charge is -2.08. The molecule has 7 heteroatoms. The Balaban J connectivity index is 2.44. The molecule has 0 unspecified atom stereocenters. The van der Waals surface area contributed by atoms with Crippen molar-refractivity contribution in [3.8, 4) is 0 Å². The van der Waals surface area contributed by atoms with Gasteiger partial charge in [0, 0.05) is 12.2 Å². The summed E-state index contributed by atoms with van der Waals surface area (Å²) in [7, 11) is -4.49. The van der Waals surface area contributed by atoms with Crippen molar-refractivity contribution in [2.45, 2.75) is 29.9 Å². The van der Waals surface area contributed by atoms with Gasteiger partial charge in [-0.2, -0.15) is 20.5 Å². The Kier molecular flexibility index (Phi) is 7.29. The van der Waals surface area contributed by atoms with E-state index in [1.165, 1.54) is 30.7 Å². The van der Waals surface area contributed by atoms with Crippen molar-refractivity contribution in [3.63, 3.8) is 0 Å². The number of benzene rings is 1. The van der Waals surface area contributed by atoms with Crippen LogP contribution in [0.3, 0.4) is 0 Å². The van der Waals surface area contributed by atoms with Gasteiger partial charge in [0.05, 0.1) is 4.90 Å². The van der Waals surface area contributed by atoms with Gasteiger partial charge in [-0.1, -0.05) is 6.42 Å². The lowest BCUT2D eigenvalue weighted by Crippen LogP contribution is -2.11. The van der Waals surface area contributed by atoms with Crippen LogP contribution in [-0.4, -0.2) is 32.7 Å². The predicted octanol–water partition coefficient (Wildman–Crippen LogP) is 3.63. The molecule has 0 aromatic heterocycles. The molecule has 0 bridgehead atoms. The van der Waals surface area contributed by atoms with E-state index in [2.05, 4.69) is 11.6 Å². The van der Waals surface area contributed by atoms with Gasteiger partial charge in [0.1, 0.15) is 0 Å². The van der Waals surface area contributed by atoms with Crippen LogP contribution in [0.15, 0.2) is 29.2 Å². The molecular formula is C13H19F2NO2S2. The first kappa shape index (κ1) is 17.2. The first-order valence-electron chi connectivity index (χ1n) is 6.33. The third kappa shape index (κ3) is 5.28. The van der Waals surface area contributed by atoms with E-state index in [4.69, 9.17) is 0 Å². The normalized spacial score (nSPS) is 11.8. The minimum Gasteiger partial charge on any atom is -0.385 e. The fourth-order valence-corrected chi connectivity index (χ4v) is 2.86. The minimum atomic E-state index is -4.49. The highest BCUT2D eigenvalue weighted by Gasteiger charge is 2.26. The number of sulfone groups is 1. The van der Waals surface area contributed by atoms with Gasteiger partial charge in [0.15, 0.2) is 0 Å². The van der Waals surface area contributed by atoms with Gasteiger partial charge in [-0.05, 0) is 49.1 Å². The standard InChI is InChI=1S/C13H19F2NO2S2/c1-19-10-4-2-3-9-16-11-5-7-12(8-6-11)20(17,18)13(14)15/h5-8,13,16H,2-4,9-10H2,1H3. The summed E-state index contributed by atoms with van der Waals surface area (Å²) in [6.07, 6.45) is 5.41. The lowest BCUT2D eigenvalue weighted by molar-refractivity contribution is 0.234. The minimum absolute atomic E-state index is 0.349. The van der Waals surface area contributed by atoms with Crippen LogP contribution in [0.4, 0.5) is 14.5 Å². The van der Waals surface area contributed by atoms with Gasteiger partial charge >= 0.3 is 5.76 Å². The van der Waals surface area contributed by atoms with Gasteiger partial charge in [-0.3, -0.25) is 0 Å². The molecule has 0 spiro atoms. The molecule has 0 saturated carbocycles. The second-order valence-corrected chi connectivity index (χ2v) is 7.21. The van der Waals surface area contributed by atoms with Crippen molar-refractivity contribution < 1.29 is 17.2 Å². The molecule has 1 aromatic rings. The largest absolute Gasteiger partial charge is 0.385 e. The molecule has 3 nitrogen and oxygen atoms in total. The first-order chi connectivity index (χ1) is 9.48. The number of anilines is 1. The Morgan fingerprint density at radius 3 is 2.35 bits per heavy atom. The summed E-state index contributed by atoms with van der Waals surface area (Å²) < 4.78 is 47.2. The third-order valence-corrected chi connectivity index (χ3v) is 4.87. The monoisotopic (exact) mass is 323 g/mol. The number of nitrogens with one attached hydrogen (secondary N) is 1. The second kappa shape index (κ2) is 8.46. The number of hydrogen-bond acceptors (Lipinski definition) is 4. The van der Waals surface area contributed by atoms with Gasteiger partial charge in [-0.15, -0.1) is 0 Å². The highest BCUT2D eigenvalue weighted by atomic mass is 32.2. The summed E-state index contributed by atoms with van der Waals surface area (Å²) in [6, 6.07) is 5.43. The summed E-state index contributed by atoms with van der Waals surface area (Å²) in [5, 5.41) is 3.14. The summed E-state index contributed by atoms with van der Waals surface area (Å²) in [5.41, 5.74) is 0.739. The van der Waals surface area contributed by atoms with E-state index < -0.39 is 15.6 Å². The Hall–Kier alpha value is -0.820. The summed E-state index contributed by atoms with van der Waals surface area (Å²) in [6.45, 7) is 0.787. The van der Waals surface area contributed by atoms with Crippen LogP contribution >= 0.6 is 11.8 Å². The molecule has 0 radical (unpaired) electrons. The number of halogens is 2. The van der Waals surface area contributed by atoms with Crippen LogP contribution < -0.4 is 5.32 Å². The Labute approximate surface area is 123 Å². The number of hydrogen-bond donors (Lipinski definition) is 1. The van der Waals surface area contributed by atoms with Gasteiger partial charge in [-0.25, -0.2) is 8.42 Å². The first-order valence-corrected chi connectivity index (χ1v) is 9.27. The van der Waals surface area contributed by atoms with Crippen molar-refractivity contribution in [2.75, 3.05) is 23.9 Å². The van der Waals surface area contributed by atoms with Crippen molar-refractivity contribution in [3.05, 3.63) is 24.3 Å². The highest BCUT2D eigenvalue weighted by Crippen LogP contribution is 2.20. The number of thioether (sulfide) groups is 1. The van der Waals surface area contributed by atoms with Gasteiger partial charge < -0.3 is 5.32 Å². The predicted molar refractivity (Wildman–Crippen MR) is 80.4 cm³/mol. The van der Waals surface area contributed by atoms with Crippen molar-refractivity contribution in [1.82, 2.24) is 0 Å². The molecule has 114 valence electrons. The molecule has 1 N–H and O–H groups in total. The fraction of sp³-hybridized carbons (Fsp3) is 0.538. The summed E-state index contributed by atoms with van der Waals surface area (Å²) in [5.74, 6) is -2.22. The van der Waals surface area contributed by atoms with Gasteiger partial charge in [0.2, 0.25) is 9.84 Å². The van der Waals surface area contributed by atoms with Gasteiger partial charge in [0.25, 0.3) is 0 Å². The van der Waals surface area contributed by atoms with Crippen LogP contribution in [-0.2, 0) is 9.84 Å². The van der Waals surface area contributed by atoms with E-state index in [1.54, 1.807) is 0 Å². The second-order valence-electron chi connectivity index (χ2n) is 4.31. The highest BCUT2D eigenvalue weighted by molar-refractivity contribution is 7.98. The SMILES string of the molecule is CSCCCCCNc1ccc(S(=O)(=O)C(F)F)cc1. The molecule has 0 aliphatic carbocycles. The van der Waals surface area contributed by atoms with E-state index in [0.29, 0.717) is 0 Å². The Morgan fingerprint density at radius 2 is 1.80 bits per heavy atom. The average Bonchev–Trinajstić information content (AvgIpc) is 2.43.